The number of ether oxygens (including phenoxy) is 3. The molecule has 4 unspecified atom stereocenters. The summed E-state index contributed by atoms with van der Waals surface area (Å²) in [4.78, 5) is 77.9. The summed E-state index contributed by atoms with van der Waals surface area (Å²) >= 11 is 0. The third kappa shape index (κ3) is 8.90. The van der Waals surface area contributed by atoms with Gasteiger partial charge in [0.05, 0.1) is 25.9 Å². The molecule has 56 heavy (non-hydrogen) atoms. The zero-order chi connectivity index (χ0) is 41.1. The lowest BCUT2D eigenvalue weighted by atomic mass is 10.1. The highest BCUT2D eigenvalue weighted by Gasteiger charge is 2.53. The Labute approximate surface area is 312 Å². The number of fused-ring (bicyclic) bond motifs is 2. The van der Waals surface area contributed by atoms with Crippen LogP contribution in [0.15, 0.2) is 19.0 Å². The van der Waals surface area contributed by atoms with Crippen molar-refractivity contribution in [3.05, 3.63) is 24.7 Å². The minimum atomic E-state index is -5.93. The van der Waals surface area contributed by atoms with Crippen molar-refractivity contribution in [2.75, 3.05) is 38.0 Å². The highest BCUT2D eigenvalue weighted by molar-refractivity contribution is 7.66. The Morgan fingerprint density at radius 3 is 2.16 bits per heavy atom. The van der Waals surface area contributed by atoms with Crippen LogP contribution < -0.4 is 21.7 Å². The van der Waals surface area contributed by atoms with Crippen LogP contribution in [0.2, 0.25) is 0 Å². The van der Waals surface area contributed by atoms with Crippen LogP contribution in [-0.2, 0) is 54.7 Å². The van der Waals surface area contributed by atoms with Crippen LogP contribution in [0.25, 0.3) is 11.2 Å². The fraction of sp³-hybridized carbons (Fsp3) is 0.591. The molecule has 12 N–H and O–H groups in total. The first-order chi connectivity index (χ1) is 26.0. The van der Waals surface area contributed by atoms with Crippen molar-refractivity contribution in [1.29, 1.82) is 0 Å². The number of imidazole rings is 2. The molecule has 12 atom stereocenters. The normalized spacial score (nSPS) is 31.5. The first-order valence-corrected chi connectivity index (χ1v) is 21.5. The Hall–Kier alpha value is -2.89. The summed E-state index contributed by atoms with van der Waals surface area (Å²) in [5.74, 6) is -0.551. The fourth-order valence-electron chi connectivity index (χ4n) is 5.90. The molecule has 0 bridgehead atoms. The summed E-state index contributed by atoms with van der Waals surface area (Å²) < 4.78 is 91.1. The average Bonchev–Trinajstić information content (AvgIpc) is 3.85. The van der Waals surface area contributed by atoms with Gasteiger partial charge in [-0.1, -0.05) is 0 Å². The number of phosphoric ester groups is 2. The van der Waals surface area contributed by atoms with Gasteiger partial charge in [0, 0.05) is 14.2 Å². The number of nitrogens with zero attached hydrogens (tertiary/aromatic N) is 7. The number of phosphoric acid groups is 4. The van der Waals surface area contributed by atoms with E-state index in [9.17, 15) is 47.9 Å². The van der Waals surface area contributed by atoms with Gasteiger partial charge in [0.25, 0.3) is 5.91 Å². The number of carbonyl (C=O) groups is 1. The Kier molecular flexibility index (Phi) is 12.0. The SMILES string of the molecule is CO[C@@H]1[C@H](OP(=O)(O)OC[C@H]2O[C@@H](n3cnc4c3N(C)C(N)NC4=O)[C@H](O)[C@@H]2O)[C@@H](COP(=O)(O)OP(=O)(O)OP(=O)(O)O)O[C@H]1n1cnc2c(N)ncnc21. The van der Waals surface area contributed by atoms with Crippen LogP contribution in [0, 0.1) is 0 Å². The zero-order valence-corrected chi connectivity index (χ0v) is 31.9. The number of aliphatic hydroxyl groups is 2. The van der Waals surface area contributed by atoms with Gasteiger partial charge in [-0.05, 0) is 0 Å². The summed E-state index contributed by atoms with van der Waals surface area (Å²) in [7, 11) is -20.1. The van der Waals surface area contributed by atoms with Crippen molar-refractivity contribution in [2.24, 2.45) is 5.73 Å². The molecule has 3 aliphatic rings. The van der Waals surface area contributed by atoms with Crippen LogP contribution in [-0.4, -0.2) is 140 Å². The molecule has 3 aromatic heterocycles. The summed E-state index contributed by atoms with van der Waals surface area (Å²) in [6, 6.07) is 0. The second kappa shape index (κ2) is 15.7. The van der Waals surface area contributed by atoms with Gasteiger partial charge in [0.15, 0.2) is 35.9 Å². The molecule has 2 saturated heterocycles. The quantitative estimate of drug-likeness (QED) is 0.0685. The van der Waals surface area contributed by atoms with Gasteiger partial charge in [-0.25, -0.2) is 38.2 Å². The van der Waals surface area contributed by atoms with Gasteiger partial charge in [0.2, 0.25) is 0 Å². The second-order valence-electron chi connectivity index (χ2n) is 12.0. The van der Waals surface area contributed by atoms with Crippen LogP contribution >= 0.6 is 31.3 Å². The molecule has 0 aliphatic carbocycles. The van der Waals surface area contributed by atoms with E-state index in [2.05, 4.69) is 33.9 Å². The molecule has 6 rings (SSSR count). The number of hydrogen-bond acceptors (Lipinski definition) is 22. The number of nitrogens with one attached hydrogen (secondary N) is 1. The van der Waals surface area contributed by atoms with Crippen LogP contribution in [0.4, 0.5) is 11.6 Å². The van der Waals surface area contributed by atoms with Gasteiger partial charge in [-0.3, -0.25) is 33.2 Å². The molecule has 6 heterocycles. The number of methoxy groups -OCH3 is 1. The van der Waals surface area contributed by atoms with Crippen LogP contribution in [0.3, 0.4) is 0 Å². The van der Waals surface area contributed by atoms with Crippen molar-refractivity contribution in [3.8, 4) is 0 Å². The van der Waals surface area contributed by atoms with E-state index in [1.165, 1.54) is 27.4 Å². The number of aliphatic hydroxyl groups excluding tert-OH is 2. The number of nitrogen functional groups attached to an aromatic ring is 1. The van der Waals surface area contributed by atoms with Crippen LogP contribution in [0.1, 0.15) is 22.9 Å². The number of carbonyl (C=O) groups excluding carboxylic acids is 1. The van der Waals surface area contributed by atoms with Crippen LogP contribution in [0.5, 0.6) is 0 Å². The van der Waals surface area contributed by atoms with E-state index in [-0.39, 0.29) is 28.5 Å². The van der Waals surface area contributed by atoms with Crippen molar-refractivity contribution in [1.82, 2.24) is 34.4 Å². The minimum Gasteiger partial charge on any atom is -0.387 e. The van der Waals surface area contributed by atoms with E-state index in [1.807, 2.05) is 0 Å². The molecule has 0 radical (unpaired) electrons. The molecule has 0 saturated carbocycles. The van der Waals surface area contributed by atoms with E-state index < -0.39 is 106 Å². The predicted octanol–water partition coefficient (Wildman–Crippen LogP) is -2.90. The van der Waals surface area contributed by atoms with E-state index in [4.69, 9.17) is 49.0 Å². The minimum absolute atomic E-state index is 0.0497. The lowest BCUT2D eigenvalue weighted by Crippen LogP contribution is -2.57. The molecule has 3 aliphatic heterocycles. The standard InChI is InChI=1S/C22H34N10O20P4/c1-30-19-11(18(35)29-22(30)24)28-7-32(19)20-13(34)12(33)8(48-20)3-46-54(39,40)50-14-9(4-47-55(41,42)52-56(43,44)51-53(36,37)38)49-21(15(14)45-2)31-6-27-10-16(23)25-5-26-17(10)31/h5-9,12-15,20-22,33-34H,3-4,24H2,1-2H3,(H,29,35)(H,39,40)(H,41,42)(H,43,44)(H2,23,25,26)(H2,36,37,38)/t8-,9-,12-,13-,14-,15-,20-,21-,22?/m1/s1. The maximum atomic E-state index is 13.4. The second-order valence-corrected chi connectivity index (χ2v) is 17.8. The van der Waals surface area contributed by atoms with E-state index in [0.29, 0.717) is 0 Å². The first-order valence-electron chi connectivity index (χ1n) is 15.4. The molecule has 312 valence electrons. The number of nitrogens with two attached hydrogens (primary N) is 2. The lowest BCUT2D eigenvalue weighted by molar-refractivity contribution is -0.0589. The Balaban J connectivity index is 1.20. The van der Waals surface area contributed by atoms with Crippen molar-refractivity contribution in [2.45, 2.75) is 55.4 Å². The topological polar surface area (TPSA) is 430 Å². The third-order valence-corrected chi connectivity index (χ3v) is 13.1. The predicted molar refractivity (Wildman–Crippen MR) is 177 cm³/mol. The van der Waals surface area contributed by atoms with E-state index in [1.54, 1.807) is 0 Å². The molecule has 34 heteroatoms. The number of anilines is 2. The molecule has 0 spiro atoms. The van der Waals surface area contributed by atoms with Gasteiger partial charge in [-0.15, -0.1) is 0 Å². The molecule has 2 fully saturated rings. The highest BCUT2D eigenvalue weighted by Crippen LogP contribution is 2.66. The number of aromatic nitrogens is 6. The van der Waals surface area contributed by atoms with Crippen molar-refractivity contribution >= 4 is 60.0 Å². The lowest BCUT2D eigenvalue weighted by Gasteiger charge is -2.33. The van der Waals surface area contributed by atoms with Gasteiger partial charge >= 0.3 is 31.3 Å². The Bertz CT molecular complexity index is 2150. The summed E-state index contributed by atoms with van der Waals surface area (Å²) in [5.41, 5.74) is 11.9. The smallest absolute Gasteiger partial charge is 0.387 e. The average molecular weight is 882 g/mol. The number of hydrogen-bond donors (Lipinski definition) is 10. The number of amides is 1. The number of rotatable bonds is 15. The highest BCUT2D eigenvalue weighted by atomic mass is 31.3. The summed E-state index contributed by atoms with van der Waals surface area (Å²) in [6.45, 7) is -2.10. The first kappa shape index (κ1) is 42.7. The van der Waals surface area contributed by atoms with Gasteiger partial charge in [-0.2, -0.15) is 8.62 Å². The fourth-order valence-corrected chi connectivity index (χ4v) is 9.89. The third-order valence-electron chi connectivity index (χ3n) is 8.32. The van der Waals surface area contributed by atoms with Crippen molar-refractivity contribution in [3.63, 3.8) is 0 Å². The maximum absolute atomic E-state index is 13.4. The molecular formula is C22H34N10O20P4. The van der Waals surface area contributed by atoms with Gasteiger partial charge in [0.1, 0.15) is 54.3 Å². The largest absolute Gasteiger partial charge is 0.490 e. The molecule has 30 nitrogen and oxygen atoms in total. The van der Waals surface area contributed by atoms with E-state index in [0.717, 1.165) is 19.8 Å². The maximum Gasteiger partial charge on any atom is 0.490 e. The zero-order valence-electron chi connectivity index (χ0n) is 28.4. The van der Waals surface area contributed by atoms with Gasteiger partial charge < -0.3 is 64.8 Å². The molecule has 1 amide bonds. The monoisotopic (exact) mass is 882 g/mol. The van der Waals surface area contributed by atoms with Crippen molar-refractivity contribution < 1.29 is 94.1 Å². The van der Waals surface area contributed by atoms with E-state index >= 15 is 0 Å². The Morgan fingerprint density at radius 2 is 1.48 bits per heavy atom. The Morgan fingerprint density at radius 1 is 0.839 bits per heavy atom. The molecule has 3 aromatic rings. The molecular weight excluding hydrogens is 848 g/mol. The summed E-state index contributed by atoms with van der Waals surface area (Å²) in [6.07, 6.45) is -10.4. The molecule has 0 aromatic carbocycles. The summed E-state index contributed by atoms with van der Waals surface area (Å²) in [5, 5.41) is 24.1.